The summed E-state index contributed by atoms with van der Waals surface area (Å²) in [4.78, 5) is 14.5. The van der Waals surface area contributed by atoms with E-state index in [1.807, 2.05) is 0 Å². The number of pyridine rings is 1. The van der Waals surface area contributed by atoms with Crippen LogP contribution in [0, 0.1) is 0 Å². The fraction of sp³-hybridized carbons (Fsp3) is 0.500. The van der Waals surface area contributed by atoms with Crippen LogP contribution >= 0.6 is 0 Å². The number of nitrogens with zero attached hydrogens (tertiary/aromatic N) is 1. The van der Waals surface area contributed by atoms with Gasteiger partial charge in [-0.05, 0) is 13.0 Å². The molecule has 1 rings (SSSR count). The zero-order valence-corrected chi connectivity index (χ0v) is 11.1. The van der Waals surface area contributed by atoms with E-state index in [1.54, 1.807) is 0 Å². The second-order valence-electron chi connectivity index (χ2n) is 3.86. The number of hydrogen-bond donors (Lipinski definition) is 0. The Labute approximate surface area is 116 Å². The summed E-state index contributed by atoms with van der Waals surface area (Å²) < 4.78 is 72.9. The molecule has 0 atom stereocenters. The largest absolute Gasteiger partial charge is 0.481 e. The SMILES string of the molecule is CCOC(=O)Cc1c(C(F)F)cc(C(F)(F)F)nc1OC. The molecule has 0 saturated heterocycles. The lowest BCUT2D eigenvalue weighted by molar-refractivity contribution is -0.142. The van der Waals surface area contributed by atoms with Gasteiger partial charge in [-0.15, -0.1) is 0 Å². The maximum atomic E-state index is 12.9. The molecule has 118 valence electrons. The minimum Gasteiger partial charge on any atom is -0.481 e. The van der Waals surface area contributed by atoms with Gasteiger partial charge in [0.2, 0.25) is 5.88 Å². The molecule has 0 radical (unpaired) electrons. The number of carbonyl (C=O) groups excluding carboxylic acids is 1. The first kappa shape index (κ1) is 17.1. The van der Waals surface area contributed by atoms with Crippen LogP contribution in [-0.4, -0.2) is 24.7 Å². The van der Waals surface area contributed by atoms with E-state index in [-0.39, 0.29) is 12.7 Å². The van der Waals surface area contributed by atoms with Crippen molar-refractivity contribution < 1.29 is 36.2 Å². The molecule has 0 saturated carbocycles. The Morgan fingerprint density at radius 2 is 2.00 bits per heavy atom. The van der Waals surface area contributed by atoms with Crippen LogP contribution in [0.25, 0.3) is 0 Å². The fourth-order valence-corrected chi connectivity index (χ4v) is 1.61. The molecule has 9 heteroatoms. The third-order valence-corrected chi connectivity index (χ3v) is 2.47. The van der Waals surface area contributed by atoms with Crippen molar-refractivity contribution in [2.24, 2.45) is 0 Å². The van der Waals surface area contributed by atoms with Gasteiger partial charge in [-0.2, -0.15) is 13.2 Å². The molecule has 1 aromatic rings. The molecule has 1 heterocycles. The lowest BCUT2D eigenvalue weighted by atomic mass is 10.1. The number of halogens is 5. The van der Waals surface area contributed by atoms with Crippen LogP contribution in [0.3, 0.4) is 0 Å². The molecule has 0 spiro atoms. The van der Waals surface area contributed by atoms with Gasteiger partial charge < -0.3 is 9.47 Å². The van der Waals surface area contributed by atoms with Gasteiger partial charge in [0.1, 0.15) is 5.69 Å². The van der Waals surface area contributed by atoms with Crippen LogP contribution < -0.4 is 4.74 Å². The van der Waals surface area contributed by atoms with Crippen molar-refractivity contribution in [1.29, 1.82) is 0 Å². The lowest BCUT2D eigenvalue weighted by Gasteiger charge is -2.15. The predicted octanol–water partition coefficient (Wildman–Crippen LogP) is 3.15. The topological polar surface area (TPSA) is 48.4 Å². The van der Waals surface area contributed by atoms with E-state index in [2.05, 4.69) is 14.5 Å². The highest BCUT2D eigenvalue weighted by Gasteiger charge is 2.36. The Morgan fingerprint density at radius 1 is 1.38 bits per heavy atom. The smallest absolute Gasteiger partial charge is 0.433 e. The molecule has 0 aliphatic rings. The first-order valence-electron chi connectivity index (χ1n) is 5.79. The Bertz CT molecular complexity index is 516. The van der Waals surface area contributed by atoms with Crippen molar-refractivity contribution in [3.63, 3.8) is 0 Å². The molecule has 4 nitrogen and oxygen atoms in total. The molecular formula is C12H12F5NO3. The molecule has 0 N–H and O–H groups in total. The van der Waals surface area contributed by atoms with Gasteiger partial charge in [0, 0.05) is 11.1 Å². The average Bonchev–Trinajstić information content (AvgIpc) is 2.37. The van der Waals surface area contributed by atoms with Crippen molar-refractivity contribution in [3.8, 4) is 5.88 Å². The Morgan fingerprint density at radius 3 is 2.43 bits per heavy atom. The fourth-order valence-electron chi connectivity index (χ4n) is 1.61. The summed E-state index contributed by atoms with van der Waals surface area (Å²) in [6.45, 7) is 1.52. The van der Waals surface area contributed by atoms with Crippen molar-refractivity contribution >= 4 is 5.97 Å². The summed E-state index contributed by atoms with van der Waals surface area (Å²) in [5.74, 6) is -1.53. The summed E-state index contributed by atoms with van der Waals surface area (Å²) in [5, 5.41) is 0. The van der Waals surface area contributed by atoms with E-state index in [9.17, 15) is 26.7 Å². The minimum atomic E-state index is -4.90. The molecule has 0 aliphatic carbocycles. The van der Waals surface area contributed by atoms with E-state index in [4.69, 9.17) is 0 Å². The highest BCUT2D eigenvalue weighted by molar-refractivity contribution is 5.74. The predicted molar refractivity (Wildman–Crippen MR) is 61.1 cm³/mol. The summed E-state index contributed by atoms with van der Waals surface area (Å²) in [6, 6.07) is 0.210. The molecule has 0 unspecified atom stereocenters. The number of aromatic nitrogens is 1. The number of hydrogen-bond acceptors (Lipinski definition) is 4. The highest BCUT2D eigenvalue weighted by atomic mass is 19.4. The van der Waals surface area contributed by atoms with E-state index in [1.165, 1.54) is 6.92 Å². The van der Waals surface area contributed by atoms with Gasteiger partial charge in [-0.3, -0.25) is 4.79 Å². The molecule has 0 aromatic carbocycles. The van der Waals surface area contributed by atoms with Crippen LogP contribution in [0.1, 0.15) is 30.2 Å². The molecule has 0 bridgehead atoms. The van der Waals surface area contributed by atoms with Crippen LogP contribution in [-0.2, 0) is 22.1 Å². The van der Waals surface area contributed by atoms with E-state index >= 15 is 0 Å². The maximum Gasteiger partial charge on any atom is 0.433 e. The molecule has 0 amide bonds. The van der Waals surface area contributed by atoms with E-state index in [0.717, 1.165) is 7.11 Å². The normalized spacial score (nSPS) is 11.6. The van der Waals surface area contributed by atoms with Gasteiger partial charge in [-0.1, -0.05) is 0 Å². The number of esters is 1. The first-order valence-corrected chi connectivity index (χ1v) is 5.79. The zero-order valence-electron chi connectivity index (χ0n) is 11.1. The van der Waals surface area contributed by atoms with Crippen molar-refractivity contribution in [2.45, 2.75) is 25.9 Å². The monoisotopic (exact) mass is 313 g/mol. The Hall–Kier alpha value is -1.93. The van der Waals surface area contributed by atoms with E-state index < -0.39 is 47.7 Å². The average molecular weight is 313 g/mol. The first-order chi connectivity index (χ1) is 9.70. The quantitative estimate of drug-likeness (QED) is 0.619. The standard InChI is InChI=1S/C12H12F5NO3/c1-3-21-9(19)5-7-6(10(13)14)4-8(12(15,16)17)18-11(7)20-2/h4,10H,3,5H2,1-2H3. The minimum absolute atomic E-state index is 0.0131. The molecule has 1 aromatic heterocycles. The summed E-state index contributed by atoms with van der Waals surface area (Å²) in [6.07, 6.45) is -8.77. The van der Waals surface area contributed by atoms with Gasteiger partial charge in [0.05, 0.1) is 20.1 Å². The molecular weight excluding hydrogens is 301 g/mol. The van der Waals surface area contributed by atoms with Crippen LogP contribution in [0.4, 0.5) is 22.0 Å². The van der Waals surface area contributed by atoms with Crippen LogP contribution in [0.15, 0.2) is 6.07 Å². The molecule has 0 aliphatic heterocycles. The van der Waals surface area contributed by atoms with Gasteiger partial charge >= 0.3 is 12.1 Å². The zero-order chi connectivity index (χ0) is 16.2. The van der Waals surface area contributed by atoms with Crippen LogP contribution in [0.2, 0.25) is 0 Å². The summed E-state index contributed by atoms with van der Waals surface area (Å²) in [7, 11) is 0.979. The van der Waals surface area contributed by atoms with Gasteiger partial charge in [0.15, 0.2) is 0 Å². The number of carbonyl (C=O) groups is 1. The number of rotatable bonds is 5. The molecule has 21 heavy (non-hydrogen) atoms. The number of alkyl halides is 5. The number of ether oxygens (including phenoxy) is 2. The summed E-state index contributed by atoms with van der Waals surface area (Å²) >= 11 is 0. The van der Waals surface area contributed by atoms with E-state index in [0.29, 0.717) is 0 Å². The Balaban J connectivity index is 3.36. The Kier molecular flexibility index (Phi) is 5.45. The third-order valence-electron chi connectivity index (χ3n) is 2.47. The van der Waals surface area contributed by atoms with Crippen molar-refractivity contribution in [3.05, 3.63) is 22.9 Å². The second kappa shape index (κ2) is 6.68. The van der Waals surface area contributed by atoms with Gasteiger partial charge in [0.25, 0.3) is 6.43 Å². The van der Waals surface area contributed by atoms with Crippen molar-refractivity contribution in [1.82, 2.24) is 4.98 Å². The summed E-state index contributed by atoms with van der Waals surface area (Å²) in [5.41, 5.74) is -2.89. The van der Waals surface area contributed by atoms with Gasteiger partial charge in [-0.25, -0.2) is 13.8 Å². The van der Waals surface area contributed by atoms with Crippen LogP contribution in [0.5, 0.6) is 5.88 Å². The van der Waals surface area contributed by atoms with Crippen molar-refractivity contribution in [2.75, 3.05) is 13.7 Å². The third kappa shape index (κ3) is 4.27. The maximum absolute atomic E-state index is 12.9. The second-order valence-corrected chi connectivity index (χ2v) is 3.86. The lowest BCUT2D eigenvalue weighted by Crippen LogP contribution is -2.15. The number of methoxy groups -OCH3 is 1. The highest BCUT2D eigenvalue weighted by Crippen LogP contribution is 2.36. The molecule has 0 fully saturated rings.